The number of rotatable bonds is 5. The number of carbonyl (C=O) groups excluding carboxylic acids is 2. The Labute approximate surface area is 143 Å². The molecule has 3 N–H and O–H groups in total. The minimum atomic E-state index is -0.307. The maximum absolute atomic E-state index is 12.2. The van der Waals surface area contributed by atoms with Gasteiger partial charge in [0.1, 0.15) is 0 Å². The first-order chi connectivity index (χ1) is 12.0. The fourth-order valence-electron chi connectivity index (χ4n) is 2.52. The number of nitrogens with zero attached hydrogens (tertiary/aromatic N) is 1. The number of carbonyl (C=O) groups is 2. The second-order valence-electron chi connectivity index (χ2n) is 5.75. The standard InChI is InChI=1S/C18H18N4O3/c1-22(11-14-3-2-4-16(23)21-14)17(24)10-20-18(25)13-5-6-15-12(9-13)7-8-19-15/h2-9,19H,10-11H2,1H3,(H,20,25)(H,21,23). The molecule has 7 heteroatoms. The first kappa shape index (κ1) is 16.5. The number of fused-ring (bicyclic) bond motifs is 1. The van der Waals surface area contributed by atoms with E-state index < -0.39 is 0 Å². The van der Waals surface area contributed by atoms with Crippen LogP contribution in [0.25, 0.3) is 10.9 Å². The van der Waals surface area contributed by atoms with Crippen LogP contribution in [0.5, 0.6) is 0 Å². The van der Waals surface area contributed by atoms with E-state index in [1.165, 1.54) is 11.0 Å². The molecule has 25 heavy (non-hydrogen) atoms. The number of H-pyrrole nitrogens is 2. The van der Waals surface area contributed by atoms with Gasteiger partial charge in [-0.25, -0.2) is 0 Å². The average molecular weight is 338 g/mol. The largest absolute Gasteiger partial charge is 0.361 e. The van der Waals surface area contributed by atoms with Gasteiger partial charge in [-0.1, -0.05) is 6.07 Å². The SMILES string of the molecule is CN(Cc1cccc(=O)[nH]1)C(=O)CNC(=O)c1ccc2[nH]ccc2c1. The maximum atomic E-state index is 12.2. The van der Waals surface area contributed by atoms with Crippen molar-refractivity contribution in [1.82, 2.24) is 20.2 Å². The Bertz CT molecular complexity index is 973. The molecular formula is C18H18N4O3. The van der Waals surface area contributed by atoms with Crippen molar-refractivity contribution in [3.63, 3.8) is 0 Å². The summed E-state index contributed by atoms with van der Waals surface area (Å²) >= 11 is 0. The molecule has 3 aromatic rings. The number of amides is 2. The van der Waals surface area contributed by atoms with Gasteiger partial charge in [0, 0.05) is 41.5 Å². The maximum Gasteiger partial charge on any atom is 0.251 e. The first-order valence-corrected chi connectivity index (χ1v) is 7.80. The number of benzene rings is 1. The molecule has 128 valence electrons. The van der Waals surface area contributed by atoms with Crippen LogP contribution >= 0.6 is 0 Å². The van der Waals surface area contributed by atoms with Crippen molar-refractivity contribution in [1.29, 1.82) is 0 Å². The van der Waals surface area contributed by atoms with Crippen LogP contribution in [-0.4, -0.2) is 40.3 Å². The molecule has 0 spiro atoms. The number of hydrogen-bond donors (Lipinski definition) is 3. The molecular weight excluding hydrogens is 320 g/mol. The lowest BCUT2D eigenvalue weighted by Crippen LogP contribution is -2.38. The Morgan fingerprint density at radius 3 is 2.80 bits per heavy atom. The van der Waals surface area contributed by atoms with Crippen LogP contribution in [0.1, 0.15) is 16.1 Å². The van der Waals surface area contributed by atoms with Crippen molar-refractivity contribution < 1.29 is 9.59 Å². The molecule has 7 nitrogen and oxygen atoms in total. The van der Waals surface area contributed by atoms with Gasteiger partial charge in [0.2, 0.25) is 11.5 Å². The lowest BCUT2D eigenvalue weighted by atomic mass is 10.1. The lowest BCUT2D eigenvalue weighted by Gasteiger charge is -2.17. The summed E-state index contributed by atoms with van der Waals surface area (Å²) in [5.74, 6) is -0.557. The molecule has 0 unspecified atom stereocenters. The highest BCUT2D eigenvalue weighted by Crippen LogP contribution is 2.14. The highest BCUT2D eigenvalue weighted by Gasteiger charge is 2.13. The zero-order valence-corrected chi connectivity index (χ0v) is 13.7. The molecule has 0 aliphatic rings. The van der Waals surface area contributed by atoms with E-state index in [0.717, 1.165) is 10.9 Å². The van der Waals surface area contributed by atoms with Crippen LogP contribution in [0.2, 0.25) is 0 Å². The van der Waals surface area contributed by atoms with Gasteiger partial charge in [0.05, 0.1) is 13.1 Å². The molecule has 2 aromatic heterocycles. The van der Waals surface area contributed by atoms with Crippen molar-refractivity contribution in [2.24, 2.45) is 0 Å². The van der Waals surface area contributed by atoms with Crippen LogP contribution in [0.4, 0.5) is 0 Å². The number of hydrogen-bond acceptors (Lipinski definition) is 3. The third kappa shape index (κ3) is 3.95. The number of likely N-dealkylation sites (N-methyl/N-ethyl adjacent to an activating group) is 1. The third-order valence-electron chi connectivity index (χ3n) is 3.88. The Kier molecular flexibility index (Phi) is 4.65. The van der Waals surface area contributed by atoms with E-state index in [2.05, 4.69) is 15.3 Å². The second kappa shape index (κ2) is 7.04. The normalized spacial score (nSPS) is 10.6. The molecule has 3 rings (SSSR count). The Balaban J connectivity index is 1.57. The zero-order chi connectivity index (χ0) is 17.8. The van der Waals surface area contributed by atoms with Crippen molar-refractivity contribution in [3.05, 3.63) is 70.3 Å². The molecule has 2 amide bonds. The molecule has 0 atom stereocenters. The molecule has 0 aliphatic carbocycles. The zero-order valence-electron chi connectivity index (χ0n) is 13.7. The van der Waals surface area contributed by atoms with Crippen molar-refractivity contribution in [2.45, 2.75) is 6.54 Å². The lowest BCUT2D eigenvalue weighted by molar-refractivity contribution is -0.129. The highest BCUT2D eigenvalue weighted by molar-refractivity contribution is 5.99. The Hall–Kier alpha value is -3.35. The average Bonchev–Trinajstić information content (AvgIpc) is 3.07. The van der Waals surface area contributed by atoms with Gasteiger partial charge < -0.3 is 20.2 Å². The van der Waals surface area contributed by atoms with Crippen molar-refractivity contribution >= 4 is 22.7 Å². The van der Waals surface area contributed by atoms with Crippen molar-refractivity contribution in [3.8, 4) is 0 Å². The smallest absolute Gasteiger partial charge is 0.251 e. The van der Waals surface area contributed by atoms with E-state index in [9.17, 15) is 14.4 Å². The molecule has 0 saturated heterocycles. The van der Waals surface area contributed by atoms with E-state index in [4.69, 9.17) is 0 Å². The topological polar surface area (TPSA) is 98.1 Å². The quantitative estimate of drug-likeness (QED) is 0.653. The minimum absolute atomic E-state index is 0.114. The fourth-order valence-corrected chi connectivity index (χ4v) is 2.52. The van der Waals surface area contributed by atoms with Crippen molar-refractivity contribution in [2.75, 3.05) is 13.6 Å². The molecule has 0 fully saturated rings. The van der Waals surface area contributed by atoms with Crippen LogP contribution in [-0.2, 0) is 11.3 Å². The molecule has 0 bridgehead atoms. The number of aromatic amines is 2. The summed E-state index contributed by atoms with van der Waals surface area (Å²) in [7, 11) is 1.62. The predicted octanol–water partition coefficient (Wildman–Crippen LogP) is 1.24. The van der Waals surface area contributed by atoms with Crippen LogP contribution < -0.4 is 10.9 Å². The highest BCUT2D eigenvalue weighted by atomic mass is 16.2. The van der Waals surface area contributed by atoms with E-state index in [0.29, 0.717) is 11.3 Å². The molecule has 2 heterocycles. The molecule has 0 radical (unpaired) electrons. The van der Waals surface area contributed by atoms with Crippen LogP contribution in [0.15, 0.2) is 53.5 Å². The van der Waals surface area contributed by atoms with E-state index in [-0.39, 0.29) is 30.5 Å². The van der Waals surface area contributed by atoms with Crippen LogP contribution in [0.3, 0.4) is 0 Å². The van der Waals surface area contributed by atoms with E-state index in [1.807, 2.05) is 12.1 Å². The first-order valence-electron chi connectivity index (χ1n) is 7.80. The summed E-state index contributed by atoms with van der Waals surface area (Å²) in [4.78, 5) is 42.8. The molecule has 0 saturated carbocycles. The van der Waals surface area contributed by atoms with Gasteiger partial charge in [-0.05, 0) is 30.3 Å². The van der Waals surface area contributed by atoms with Gasteiger partial charge >= 0.3 is 0 Å². The number of pyridine rings is 1. The van der Waals surface area contributed by atoms with Gasteiger partial charge in [0.15, 0.2) is 0 Å². The van der Waals surface area contributed by atoms with Gasteiger partial charge in [0.25, 0.3) is 5.91 Å². The summed E-state index contributed by atoms with van der Waals surface area (Å²) in [6.07, 6.45) is 1.80. The monoisotopic (exact) mass is 338 g/mol. The number of nitrogens with one attached hydrogen (secondary N) is 3. The summed E-state index contributed by atoms with van der Waals surface area (Å²) in [6, 6.07) is 11.9. The molecule has 0 aliphatic heterocycles. The fraction of sp³-hybridized carbons (Fsp3) is 0.167. The van der Waals surface area contributed by atoms with Crippen LogP contribution in [0, 0.1) is 0 Å². The second-order valence-corrected chi connectivity index (χ2v) is 5.75. The summed E-state index contributed by atoms with van der Waals surface area (Å²) in [5, 5.41) is 3.56. The predicted molar refractivity (Wildman–Crippen MR) is 94.2 cm³/mol. The molecule has 1 aromatic carbocycles. The minimum Gasteiger partial charge on any atom is -0.361 e. The van der Waals surface area contributed by atoms with Gasteiger partial charge in [-0.2, -0.15) is 0 Å². The summed E-state index contributed by atoms with van der Waals surface area (Å²) in [6.45, 7) is 0.150. The summed E-state index contributed by atoms with van der Waals surface area (Å²) < 4.78 is 0. The Morgan fingerprint density at radius 2 is 2.00 bits per heavy atom. The third-order valence-corrected chi connectivity index (χ3v) is 3.88. The van der Waals surface area contributed by atoms with Gasteiger partial charge in [-0.3, -0.25) is 14.4 Å². The summed E-state index contributed by atoms with van der Waals surface area (Å²) in [5.41, 5.74) is 1.86. The number of aromatic nitrogens is 2. The Morgan fingerprint density at radius 1 is 1.16 bits per heavy atom. The van der Waals surface area contributed by atoms with E-state index in [1.54, 1.807) is 37.5 Å². The van der Waals surface area contributed by atoms with E-state index >= 15 is 0 Å². The van der Waals surface area contributed by atoms with Gasteiger partial charge in [-0.15, -0.1) is 0 Å².